The van der Waals surface area contributed by atoms with Crippen molar-refractivity contribution in [2.45, 2.75) is 71.1 Å². The van der Waals surface area contributed by atoms with Gasteiger partial charge in [-0.25, -0.2) is 13.2 Å². The van der Waals surface area contributed by atoms with Gasteiger partial charge in [-0.05, 0) is 53.5 Å². The quantitative estimate of drug-likeness (QED) is 0.317. The maximum atomic E-state index is 13.4. The van der Waals surface area contributed by atoms with Gasteiger partial charge in [0.1, 0.15) is 0 Å². The molecule has 0 saturated heterocycles. The minimum absolute atomic E-state index is 0.365. The second kappa shape index (κ2) is 10.1. The summed E-state index contributed by atoms with van der Waals surface area (Å²) in [6, 6.07) is 9.87. The fourth-order valence-corrected chi connectivity index (χ4v) is 4.45. The summed E-state index contributed by atoms with van der Waals surface area (Å²) in [5.74, 6) is -1.95. The monoisotopic (exact) mass is 388 g/mol. The first-order valence-corrected chi connectivity index (χ1v) is 10.8. The van der Waals surface area contributed by atoms with Gasteiger partial charge >= 0.3 is 0 Å². The first-order valence-electron chi connectivity index (χ1n) is 10.8. The Morgan fingerprint density at radius 2 is 1.32 bits per heavy atom. The minimum Gasteiger partial charge on any atom is -0.204 e. The van der Waals surface area contributed by atoms with Crippen molar-refractivity contribution in [3.8, 4) is 11.1 Å². The second-order valence-electron chi connectivity index (χ2n) is 8.37. The predicted molar refractivity (Wildman–Crippen MR) is 110 cm³/mol. The van der Waals surface area contributed by atoms with Crippen LogP contribution in [0.15, 0.2) is 36.4 Å². The van der Waals surface area contributed by atoms with Crippen LogP contribution in [0.25, 0.3) is 11.1 Å². The highest BCUT2D eigenvalue weighted by Gasteiger charge is 2.20. The highest BCUT2D eigenvalue weighted by Crippen LogP contribution is 2.34. The van der Waals surface area contributed by atoms with E-state index in [2.05, 4.69) is 6.92 Å². The van der Waals surface area contributed by atoms with E-state index < -0.39 is 17.5 Å². The molecular weight excluding hydrogens is 357 g/mol. The Morgan fingerprint density at radius 1 is 0.750 bits per heavy atom. The largest absolute Gasteiger partial charge is 0.204 e. The summed E-state index contributed by atoms with van der Waals surface area (Å²) in [7, 11) is 0. The molecule has 0 aliphatic heterocycles. The molecule has 0 bridgehead atoms. The Hall–Kier alpha value is -1.77. The van der Waals surface area contributed by atoms with Gasteiger partial charge in [-0.15, -0.1) is 0 Å². The smallest absolute Gasteiger partial charge is 0.194 e. The molecule has 0 amide bonds. The van der Waals surface area contributed by atoms with Crippen LogP contribution in [0.5, 0.6) is 0 Å². The van der Waals surface area contributed by atoms with E-state index in [4.69, 9.17) is 0 Å². The molecule has 0 N–H and O–H groups in total. The highest BCUT2D eigenvalue weighted by molar-refractivity contribution is 5.63. The molecule has 0 atom stereocenters. The normalized spacial score (nSPS) is 19.7. The molecule has 3 rings (SSSR count). The first-order chi connectivity index (χ1) is 13.6. The van der Waals surface area contributed by atoms with E-state index in [1.165, 1.54) is 63.4 Å². The molecule has 1 aliphatic carbocycles. The van der Waals surface area contributed by atoms with Gasteiger partial charge in [-0.3, -0.25) is 0 Å². The SMILES string of the molecule is CCCCCC1CCC(CCc2ccc(-c3cc(F)c(F)c(F)c3)cc2)CC1. The number of hydrogen-bond donors (Lipinski definition) is 0. The lowest BCUT2D eigenvalue weighted by Crippen LogP contribution is -2.15. The number of benzene rings is 2. The van der Waals surface area contributed by atoms with E-state index in [-0.39, 0.29) is 0 Å². The minimum atomic E-state index is -1.42. The zero-order valence-corrected chi connectivity index (χ0v) is 16.8. The third-order valence-electron chi connectivity index (χ3n) is 6.29. The molecule has 1 saturated carbocycles. The van der Waals surface area contributed by atoms with Crippen molar-refractivity contribution < 1.29 is 13.2 Å². The third kappa shape index (κ3) is 5.62. The zero-order valence-electron chi connectivity index (χ0n) is 16.8. The molecule has 0 heterocycles. The van der Waals surface area contributed by atoms with Crippen molar-refractivity contribution in [3.63, 3.8) is 0 Å². The number of halogens is 3. The summed E-state index contributed by atoms with van der Waals surface area (Å²) in [6.07, 6.45) is 13.2. The molecule has 0 spiro atoms. The van der Waals surface area contributed by atoms with Gasteiger partial charge in [-0.1, -0.05) is 82.6 Å². The van der Waals surface area contributed by atoms with Crippen LogP contribution in [-0.2, 0) is 6.42 Å². The summed E-state index contributed by atoms with van der Waals surface area (Å²) < 4.78 is 40.0. The zero-order chi connectivity index (χ0) is 19.9. The second-order valence-corrected chi connectivity index (χ2v) is 8.37. The summed E-state index contributed by atoms with van der Waals surface area (Å²) in [5.41, 5.74) is 2.32. The summed E-state index contributed by atoms with van der Waals surface area (Å²) in [5, 5.41) is 0. The van der Waals surface area contributed by atoms with E-state index >= 15 is 0 Å². The van der Waals surface area contributed by atoms with Crippen molar-refractivity contribution in [1.82, 2.24) is 0 Å². The van der Waals surface area contributed by atoms with Crippen molar-refractivity contribution in [2.24, 2.45) is 11.8 Å². The fourth-order valence-electron chi connectivity index (χ4n) is 4.45. The van der Waals surface area contributed by atoms with Crippen LogP contribution in [0.4, 0.5) is 13.2 Å². The Bertz CT molecular complexity index is 720. The predicted octanol–water partition coefficient (Wildman–Crippen LogP) is 8.09. The van der Waals surface area contributed by atoms with Gasteiger partial charge in [0.2, 0.25) is 0 Å². The first kappa shape index (κ1) is 21.0. The molecule has 0 radical (unpaired) electrons. The van der Waals surface area contributed by atoms with Gasteiger partial charge in [0.05, 0.1) is 0 Å². The van der Waals surface area contributed by atoms with Gasteiger partial charge in [0.25, 0.3) is 0 Å². The average Bonchev–Trinajstić information content (AvgIpc) is 2.71. The highest BCUT2D eigenvalue weighted by atomic mass is 19.2. The van der Waals surface area contributed by atoms with Crippen LogP contribution in [-0.4, -0.2) is 0 Å². The lowest BCUT2D eigenvalue weighted by atomic mass is 9.78. The van der Waals surface area contributed by atoms with E-state index in [1.54, 1.807) is 0 Å². The van der Waals surface area contributed by atoms with Gasteiger partial charge in [0.15, 0.2) is 17.5 Å². The van der Waals surface area contributed by atoms with Crippen LogP contribution < -0.4 is 0 Å². The topological polar surface area (TPSA) is 0 Å². The van der Waals surface area contributed by atoms with Crippen LogP contribution in [0, 0.1) is 29.3 Å². The molecule has 3 heteroatoms. The number of rotatable bonds is 8. The van der Waals surface area contributed by atoms with E-state index in [0.717, 1.165) is 30.4 Å². The fraction of sp³-hybridized carbons (Fsp3) is 0.520. The third-order valence-corrected chi connectivity index (χ3v) is 6.29. The Balaban J connectivity index is 1.48. The molecule has 1 fully saturated rings. The Labute approximate surface area is 167 Å². The molecule has 0 aromatic heterocycles. The molecule has 152 valence electrons. The molecule has 1 aliphatic rings. The molecule has 0 unspecified atom stereocenters. The molecule has 2 aromatic rings. The van der Waals surface area contributed by atoms with Gasteiger partial charge in [-0.2, -0.15) is 0 Å². The standard InChI is InChI=1S/C25H31F3/c1-2-3-4-5-18-6-8-19(9-7-18)10-11-20-12-14-21(15-13-20)22-16-23(26)25(28)24(27)17-22/h12-19H,2-11H2,1H3. The van der Waals surface area contributed by atoms with E-state index in [9.17, 15) is 13.2 Å². The summed E-state index contributed by atoms with van der Waals surface area (Å²) in [4.78, 5) is 0. The molecule has 2 aromatic carbocycles. The maximum Gasteiger partial charge on any atom is 0.194 e. The Morgan fingerprint density at radius 3 is 1.89 bits per heavy atom. The van der Waals surface area contributed by atoms with Crippen molar-refractivity contribution in [1.29, 1.82) is 0 Å². The lowest BCUT2D eigenvalue weighted by Gasteiger charge is -2.28. The number of hydrogen-bond acceptors (Lipinski definition) is 0. The van der Waals surface area contributed by atoms with Gasteiger partial charge in [0, 0.05) is 0 Å². The van der Waals surface area contributed by atoms with Gasteiger partial charge < -0.3 is 0 Å². The van der Waals surface area contributed by atoms with Crippen molar-refractivity contribution >= 4 is 0 Å². The van der Waals surface area contributed by atoms with Crippen molar-refractivity contribution in [3.05, 3.63) is 59.4 Å². The molecule has 0 nitrogen and oxygen atoms in total. The van der Waals surface area contributed by atoms with Crippen LogP contribution >= 0.6 is 0 Å². The Kier molecular flexibility index (Phi) is 7.58. The maximum absolute atomic E-state index is 13.4. The molecular formula is C25H31F3. The lowest BCUT2D eigenvalue weighted by molar-refractivity contribution is 0.249. The van der Waals surface area contributed by atoms with Crippen molar-refractivity contribution in [2.75, 3.05) is 0 Å². The molecule has 28 heavy (non-hydrogen) atoms. The van der Waals surface area contributed by atoms with Crippen LogP contribution in [0.3, 0.4) is 0 Å². The van der Waals surface area contributed by atoms with Crippen LogP contribution in [0.1, 0.15) is 70.3 Å². The number of aryl methyl sites for hydroxylation is 1. The van der Waals surface area contributed by atoms with E-state index in [0.29, 0.717) is 11.1 Å². The average molecular weight is 389 g/mol. The summed E-state index contributed by atoms with van der Waals surface area (Å²) in [6.45, 7) is 2.26. The summed E-state index contributed by atoms with van der Waals surface area (Å²) >= 11 is 0. The van der Waals surface area contributed by atoms with E-state index in [1.807, 2.05) is 24.3 Å². The number of unbranched alkanes of at least 4 members (excludes halogenated alkanes) is 2. The van der Waals surface area contributed by atoms with Crippen LogP contribution in [0.2, 0.25) is 0 Å².